The van der Waals surface area contributed by atoms with E-state index in [1.54, 1.807) is 23.9 Å². The van der Waals surface area contributed by atoms with Crippen LogP contribution in [0.15, 0.2) is 53.4 Å². The molecule has 0 saturated carbocycles. The van der Waals surface area contributed by atoms with Crippen molar-refractivity contribution in [2.45, 2.75) is 17.9 Å². The van der Waals surface area contributed by atoms with Crippen molar-refractivity contribution in [1.82, 2.24) is 4.90 Å². The predicted molar refractivity (Wildman–Crippen MR) is 101 cm³/mol. The van der Waals surface area contributed by atoms with E-state index in [1.165, 1.54) is 6.07 Å². The first-order valence-electron chi connectivity index (χ1n) is 7.80. The Morgan fingerprint density at radius 3 is 2.68 bits per heavy atom. The van der Waals surface area contributed by atoms with Gasteiger partial charge in [-0.2, -0.15) is 0 Å². The van der Waals surface area contributed by atoms with Gasteiger partial charge in [-0.1, -0.05) is 24.3 Å². The van der Waals surface area contributed by atoms with E-state index in [-0.39, 0.29) is 24.2 Å². The van der Waals surface area contributed by atoms with Crippen molar-refractivity contribution in [1.29, 1.82) is 0 Å². The van der Waals surface area contributed by atoms with E-state index in [0.717, 1.165) is 16.1 Å². The maximum Gasteiger partial charge on any atom is 0.269 e. The lowest BCUT2D eigenvalue weighted by atomic mass is 10.1. The lowest BCUT2D eigenvalue weighted by Crippen LogP contribution is -2.32. The molecule has 0 fully saturated rings. The average molecular weight is 359 g/mol. The maximum atomic E-state index is 12.3. The Hall–Kier alpha value is -2.38. The lowest BCUT2D eigenvalue weighted by molar-refractivity contribution is -0.384. The third kappa shape index (κ3) is 5.04. The van der Waals surface area contributed by atoms with Gasteiger partial charge in [0.1, 0.15) is 0 Å². The minimum atomic E-state index is -0.414. The molecule has 0 saturated heterocycles. The van der Waals surface area contributed by atoms with Crippen LogP contribution < -0.4 is 5.32 Å². The zero-order valence-electron chi connectivity index (χ0n) is 14.4. The second-order valence-corrected chi connectivity index (χ2v) is 6.54. The van der Waals surface area contributed by atoms with Gasteiger partial charge in [-0.15, -0.1) is 11.8 Å². The van der Waals surface area contributed by atoms with Crippen molar-refractivity contribution in [2.75, 3.05) is 25.2 Å². The van der Waals surface area contributed by atoms with Gasteiger partial charge < -0.3 is 5.32 Å². The van der Waals surface area contributed by atoms with E-state index in [1.807, 2.05) is 55.5 Å². The summed E-state index contributed by atoms with van der Waals surface area (Å²) in [4.78, 5) is 25.7. The molecule has 1 amide bonds. The van der Waals surface area contributed by atoms with E-state index in [0.29, 0.717) is 0 Å². The number of hydrogen-bond donors (Lipinski definition) is 1. The quantitative estimate of drug-likeness (QED) is 0.460. The van der Waals surface area contributed by atoms with Crippen molar-refractivity contribution in [3.8, 4) is 0 Å². The number of non-ortho nitro benzene ring substituents is 1. The van der Waals surface area contributed by atoms with Crippen LogP contribution in [0.5, 0.6) is 0 Å². The largest absolute Gasteiger partial charge is 0.324 e. The number of hydrogen-bond acceptors (Lipinski definition) is 5. The van der Waals surface area contributed by atoms with Crippen LogP contribution >= 0.6 is 11.8 Å². The molecule has 0 spiro atoms. The zero-order chi connectivity index (χ0) is 18.4. The molecule has 1 unspecified atom stereocenters. The van der Waals surface area contributed by atoms with E-state index in [4.69, 9.17) is 0 Å². The van der Waals surface area contributed by atoms with E-state index < -0.39 is 4.92 Å². The molecular formula is C18H21N3O3S. The number of amides is 1. The smallest absolute Gasteiger partial charge is 0.269 e. The van der Waals surface area contributed by atoms with Gasteiger partial charge in [0.2, 0.25) is 5.91 Å². The molecular weight excluding hydrogens is 338 g/mol. The van der Waals surface area contributed by atoms with Crippen LogP contribution in [0.3, 0.4) is 0 Å². The Bertz CT molecular complexity index is 767. The van der Waals surface area contributed by atoms with E-state index in [9.17, 15) is 14.9 Å². The molecule has 0 aliphatic rings. The van der Waals surface area contributed by atoms with Crippen LogP contribution in [0.25, 0.3) is 0 Å². The van der Waals surface area contributed by atoms with Gasteiger partial charge in [0, 0.05) is 23.1 Å². The number of carbonyl (C=O) groups excluding carboxylic acids is 1. The topological polar surface area (TPSA) is 75.5 Å². The van der Waals surface area contributed by atoms with Gasteiger partial charge >= 0.3 is 0 Å². The summed E-state index contributed by atoms with van der Waals surface area (Å²) < 4.78 is 0. The highest BCUT2D eigenvalue weighted by atomic mass is 32.2. The fourth-order valence-corrected chi connectivity index (χ4v) is 3.01. The summed E-state index contributed by atoms with van der Waals surface area (Å²) in [7, 11) is 1.82. The van der Waals surface area contributed by atoms with Crippen molar-refractivity contribution < 1.29 is 9.72 Å². The normalized spacial score (nSPS) is 12.0. The highest BCUT2D eigenvalue weighted by Gasteiger charge is 2.17. The Morgan fingerprint density at radius 1 is 1.28 bits per heavy atom. The molecule has 2 aromatic rings. The SMILES string of the molecule is CSc1ccccc1NC(=O)CN(C)C(C)c1cccc([N+](=O)[O-])c1. The fourth-order valence-electron chi connectivity index (χ4n) is 2.45. The second kappa shape index (κ2) is 8.64. The van der Waals surface area contributed by atoms with Crippen LogP contribution in [0.1, 0.15) is 18.5 Å². The number of rotatable bonds is 7. The molecule has 1 atom stereocenters. The number of nitro benzene ring substituents is 1. The molecule has 0 aromatic heterocycles. The molecule has 6 nitrogen and oxygen atoms in total. The molecule has 25 heavy (non-hydrogen) atoms. The number of likely N-dealkylation sites (N-methyl/N-ethyl adjacent to an activating group) is 1. The number of nitrogens with zero attached hydrogens (tertiary/aromatic N) is 2. The van der Waals surface area contributed by atoms with Crippen molar-refractivity contribution >= 4 is 29.0 Å². The van der Waals surface area contributed by atoms with Gasteiger partial charge in [-0.25, -0.2) is 0 Å². The summed E-state index contributed by atoms with van der Waals surface area (Å²) in [6.07, 6.45) is 1.96. The summed E-state index contributed by atoms with van der Waals surface area (Å²) in [6.45, 7) is 2.11. The van der Waals surface area contributed by atoms with Crippen molar-refractivity contribution in [2.24, 2.45) is 0 Å². The Balaban J connectivity index is 2.03. The minimum absolute atomic E-state index is 0.0519. The molecule has 0 bridgehead atoms. The van der Waals surface area contributed by atoms with Gasteiger partial charge in [0.25, 0.3) is 5.69 Å². The number of benzene rings is 2. The summed E-state index contributed by atoms with van der Waals surface area (Å²) in [6, 6.07) is 14.0. The van der Waals surface area contributed by atoms with Crippen molar-refractivity contribution in [3.05, 3.63) is 64.2 Å². The van der Waals surface area contributed by atoms with Crippen LogP contribution in [0.4, 0.5) is 11.4 Å². The molecule has 0 heterocycles. The van der Waals surface area contributed by atoms with Gasteiger partial charge in [0.05, 0.1) is 17.2 Å². The molecule has 1 N–H and O–H groups in total. The molecule has 2 aromatic carbocycles. The number of para-hydroxylation sites is 1. The number of thioether (sulfide) groups is 1. The zero-order valence-corrected chi connectivity index (χ0v) is 15.2. The fraction of sp³-hybridized carbons (Fsp3) is 0.278. The molecule has 2 rings (SSSR count). The van der Waals surface area contributed by atoms with E-state index >= 15 is 0 Å². The van der Waals surface area contributed by atoms with Gasteiger partial charge in [-0.3, -0.25) is 19.8 Å². The predicted octanol–water partition coefficient (Wildman–Crippen LogP) is 3.95. The Kier molecular flexibility index (Phi) is 6.55. The first-order valence-corrected chi connectivity index (χ1v) is 9.02. The third-order valence-electron chi connectivity index (χ3n) is 4.00. The van der Waals surface area contributed by atoms with Gasteiger partial charge in [0.15, 0.2) is 0 Å². The number of nitrogens with one attached hydrogen (secondary N) is 1. The third-order valence-corrected chi connectivity index (χ3v) is 4.79. The van der Waals surface area contributed by atoms with Crippen LogP contribution in [0, 0.1) is 10.1 Å². The maximum absolute atomic E-state index is 12.3. The molecule has 132 valence electrons. The average Bonchev–Trinajstić information content (AvgIpc) is 2.61. The Labute approximate surface area is 151 Å². The van der Waals surface area contributed by atoms with Crippen molar-refractivity contribution in [3.63, 3.8) is 0 Å². The summed E-state index contributed by atoms with van der Waals surface area (Å²) >= 11 is 1.57. The molecule has 0 aliphatic heterocycles. The van der Waals surface area contributed by atoms with Gasteiger partial charge in [-0.05, 0) is 37.9 Å². The van der Waals surface area contributed by atoms with E-state index in [2.05, 4.69) is 5.32 Å². The summed E-state index contributed by atoms with van der Waals surface area (Å²) in [5.41, 5.74) is 1.64. The highest BCUT2D eigenvalue weighted by Crippen LogP contribution is 2.25. The second-order valence-electron chi connectivity index (χ2n) is 5.69. The first kappa shape index (κ1) is 19.0. The minimum Gasteiger partial charge on any atom is -0.324 e. The number of nitro groups is 1. The molecule has 0 aliphatic carbocycles. The molecule has 7 heteroatoms. The lowest BCUT2D eigenvalue weighted by Gasteiger charge is -2.24. The van der Waals surface area contributed by atoms with Crippen LogP contribution in [-0.2, 0) is 4.79 Å². The number of anilines is 1. The highest BCUT2D eigenvalue weighted by molar-refractivity contribution is 7.98. The standard InChI is InChI=1S/C18H21N3O3S/c1-13(14-7-6-8-15(11-14)21(23)24)20(2)12-18(22)19-16-9-4-5-10-17(16)25-3/h4-11,13H,12H2,1-3H3,(H,19,22). The summed E-state index contributed by atoms with van der Waals surface area (Å²) in [5, 5.41) is 13.8. The van der Waals surface area contributed by atoms with Crippen LogP contribution in [0.2, 0.25) is 0 Å². The first-order chi connectivity index (χ1) is 11.9. The van der Waals surface area contributed by atoms with Crippen LogP contribution in [-0.4, -0.2) is 35.6 Å². The number of carbonyl (C=O) groups is 1. The monoisotopic (exact) mass is 359 g/mol. The summed E-state index contributed by atoms with van der Waals surface area (Å²) in [5.74, 6) is -0.124. The Morgan fingerprint density at radius 2 is 2.00 bits per heavy atom. The molecule has 0 radical (unpaired) electrons.